The van der Waals surface area contributed by atoms with Gasteiger partial charge in [0.1, 0.15) is 24.1 Å². The van der Waals surface area contributed by atoms with Gasteiger partial charge in [0.15, 0.2) is 0 Å². The number of amides is 1. The van der Waals surface area contributed by atoms with Crippen LogP contribution in [0.2, 0.25) is 0 Å². The van der Waals surface area contributed by atoms with E-state index in [-0.39, 0.29) is 17.7 Å². The number of hydrogen-bond acceptors (Lipinski definition) is 5. The Balaban J connectivity index is 1.60. The van der Waals surface area contributed by atoms with Gasteiger partial charge in [-0.05, 0) is 41.5 Å². The van der Waals surface area contributed by atoms with Crippen molar-refractivity contribution in [2.75, 3.05) is 0 Å². The smallest absolute Gasteiger partial charge is 0.326 e. The summed E-state index contributed by atoms with van der Waals surface area (Å²) in [5.74, 6) is -1.37. The number of benzene rings is 3. The van der Waals surface area contributed by atoms with Gasteiger partial charge in [0.05, 0.1) is 0 Å². The molecule has 1 amide bonds. The molecule has 3 aromatic rings. The first-order valence-corrected chi connectivity index (χ1v) is 9.98. The van der Waals surface area contributed by atoms with Gasteiger partial charge in [-0.2, -0.15) is 0 Å². The van der Waals surface area contributed by atoms with E-state index in [2.05, 4.69) is 5.32 Å². The highest BCUT2D eigenvalue weighted by Crippen LogP contribution is 2.17. The fourth-order valence-corrected chi connectivity index (χ4v) is 3.01. The van der Waals surface area contributed by atoms with Crippen LogP contribution in [-0.2, 0) is 22.6 Å². The van der Waals surface area contributed by atoms with Crippen molar-refractivity contribution in [2.45, 2.75) is 26.0 Å². The van der Waals surface area contributed by atoms with E-state index >= 15 is 0 Å². The van der Waals surface area contributed by atoms with Gasteiger partial charge in [-0.3, -0.25) is 9.59 Å². The molecular formula is C25H23NO6. The molecule has 0 aliphatic rings. The van der Waals surface area contributed by atoms with Crippen molar-refractivity contribution >= 4 is 17.8 Å². The standard InChI is InChI=1S/C25H23NO6/c1-17(27)32-22-9-5-8-20(15-22)24(28)26-23(25(29)30)14-18-10-12-21(13-11-18)31-16-19-6-3-2-4-7-19/h2-13,15,23H,14,16H2,1H3,(H,26,28)(H,29,30)/t23-/m1/s1. The molecule has 0 aromatic heterocycles. The highest BCUT2D eigenvalue weighted by molar-refractivity contribution is 5.97. The van der Waals surface area contributed by atoms with Gasteiger partial charge in [-0.1, -0.05) is 48.5 Å². The highest BCUT2D eigenvalue weighted by Gasteiger charge is 2.21. The molecule has 0 aliphatic heterocycles. The molecule has 7 nitrogen and oxygen atoms in total. The lowest BCUT2D eigenvalue weighted by Crippen LogP contribution is -2.42. The zero-order chi connectivity index (χ0) is 22.9. The molecule has 0 spiro atoms. The van der Waals surface area contributed by atoms with Gasteiger partial charge >= 0.3 is 11.9 Å². The maximum atomic E-state index is 12.5. The van der Waals surface area contributed by atoms with E-state index in [0.29, 0.717) is 12.4 Å². The minimum Gasteiger partial charge on any atom is -0.489 e. The minimum atomic E-state index is -1.15. The predicted octanol–water partition coefficient (Wildman–Crippen LogP) is 3.62. The topological polar surface area (TPSA) is 102 Å². The first kappa shape index (κ1) is 22.6. The molecule has 0 radical (unpaired) electrons. The van der Waals surface area contributed by atoms with Gasteiger partial charge in [0.25, 0.3) is 5.91 Å². The third kappa shape index (κ3) is 6.70. The second-order valence-electron chi connectivity index (χ2n) is 7.11. The molecule has 164 valence electrons. The summed E-state index contributed by atoms with van der Waals surface area (Å²) in [4.78, 5) is 35.3. The SMILES string of the molecule is CC(=O)Oc1cccc(C(=O)N[C@H](Cc2ccc(OCc3ccccc3)cc2)C(=O)O)c1. The molecule has 0 saturated carbocycles. The van der Waals surface area contributed by atoms with E-state index in [0.717, 1.165) is 11.1 Å². The molecule has 0 fully saturated rings. The second kappa shape index (κ2) is 10.8. The number of carbonyl (C=O) groups excluding carboxylic acids is 2. The lowest BCUT2D eigenvalue weighted by Gasteiger charge is -2.15. The molecule has 1 atom stereocenters. The molecule has 0 heterocycles. The Bertz CT molecular complexity index is 1080. The van der Waals surface area contributed by atoms with Gasteiger partial charge in [-0.25, -0.2) is 4.79 Å². The number of rotatable bonds is 9. The van der Waals surface area contributed by atoms with Gasteiger partial charge in [-0.15, -0.1) is 0 Å². The predicted molar refractivity (Wildman–Crippen MR) is 118 cm³/mol. The quantitative estimate of drug-likeness (QED) is 0.395. The first-order chi connectivity index (χ1) is 15.4. The van der Waals surface area contributed by atoms with Crippen molar-refractivity contribution in [3.63, 3.8) is 0 Å². The van der Waals surface area contributed by atoms with Crippen molar-refractivity contribution in [2.24, 2.45) is 0 Å². The van der Waals surface area contributed by atoms with Gasteiger partial charge in [0.2, 0.25) is 0 Å². The Labute approximate surface area is 185 Å². The fourth-order valence-electron chi connectivity index (χ4n) is 3.01. The van der Waals surface area contributed by atoms with Crippen molar-refractivity contribution in [1.82, 2.24) is 5.32 Å². The Kier molecular flexibility index (Phi) is 7.59. The van der Waals surface area contributed by atoms with Crippen LogP contribution in [-0.4, -0.2) is 29.0 Å². The average Bonchev–Trinajstić information content (AvgIpc) is 2.78. The number of esters is 1. The zero-order valence-corrected chi connectivity index (χ0v) is 17.5. The van der Waals surface area contributed by atoms with Crippen molar-refractivity contribution in [1.29, 1.82) is 0 Å². The third-order valence-corrected chi connectivity index (χ3v) is 4.57. The number of hydrogen-bond donors (Lipinski definition) is 2. The van der Waals surface area contributed by atoms with Gasteiger partial charge < -0.3 is 19.9 Å². The monoisotopic (exact) mass is 433 g/mol. The van der Waals surface area contributed by atoms with Crippen LogP contribution in [0.3, 0.4) is 0 Å². The number of nitrogens with one attached hydrogen (secondary N) is 1. The van der Waals surface area contributed by atoms with E-state index in [1.165, 1.54) is 25.1 Å². The molecule has 3 rings (SSSR count). The Morgan fingerprint density at radius 1 is 0.875 bits per heavy atom. The normalized spacial score (nSPS) is 11.3. The summed E-state index contributed by atoms with van der Waals surface area (Å²) in [6.07, 6.45) is 0.101. The molecule has 3 aromatic carbocycles. The molecule has 0 bridgehead atoms. The fraction of sp³-hybridized carbons (Fsp3) is 0.160. The summed E-state index contributed by atoms with van der Waals surface area (Å²) in [5.41, 5.74) is 1.97. The summed E-state index contributed by atoms with van der Waals surface area (Å²) in [5, 5.41) is 12.1. The summed E-state index contributed by atoms with van der Waals surface area (Å²) >= 11 is 0. The van der Waals surface area contributed by atoms with E-state index in [1.807, 2.05) is 30.3 Å². The summed E-state index contributed by atoms with van der Waals surface area (Å²) in [6.45, 7) is 1.69. The lowest BCUT2D eigenvalue weighted by atomic mass is 10.1. The van der Waals surface area contributed by atoms with Crippen LogP contribution < -0.4 is 14.8 Å². The van der Waals surface area contributed by atoms with Crippen LogP contribution in [0.25, 0.3) is 0 Å². The summed E-state index contributed by atoms with van der Waals surface area (Å²) in [7, 11) is 0. The largest absolute Gasteiger partial charge is 0.489 e. The van der Waals surface area contributed by atoms with E-state index in [4.69, 9.17) is 9.47 Å². The maximum Gasteiger partial charge on any atom is 0.326 e. The Hall–Kier alpha value is -4.13. The lowest BCUT2D eigenvalue weighted by molar-refractivity contribution is -0.139. The number of ether oxygens (including phenoxy) is 2. The van der Waals surface area contributed by atoms with Crippen LogP contribution in [0.15, 0.2) is 78.9 Å². The number of carboxylic acids is 1. The Morgan fingerprint density at radius 2 is 1.59 bits per heavy atom. The van der Waals surface area contributed by atoms with Crippen molar-refractivity contribution in [3.05, 3.63) is 95.6 Å². The summed E-state index contributed by atoms with van der Waals surface area (Å²) in [6, 6.07) is 21.7. The maximum absolute atomic E-state index is 12.5. The zero-order valence-electron chi connectivity index (χ0n) is 17.5. The highest BCUT2D eigenvalue weighted by atomic mass is 16.5. The second-order valence-corrected chi connectivity index (χ2v) is 7.11. The molecule has 2 N–H and O–H groups in total. The van der Waals surface area contributed by atoms with Crippen LogP contribution in [0, 0.1) is 0 Å². The Morgan fingerprint density at radius 3 is 2.25 bits per heavy atom. The minimum absolute atomic E-state index is 0.101. The van der Waals surface area contributed by atoms with Crippen molar-refractivity contribution in [3.8, 4) is 11.5 Å². The third-order valence-electron chi connectivity index (χ3n) is 4.57. The van der Waals surface area contributed by atoms with Gasteiger partial charge in [0, 0.05) is 18.9 Å². The molecule has 0 unspecified atom stereocenters. The number of aliphatic carboxylic acids is 1. The van der Waals surface area contributed by atoms with Crippen LogP contribution in [0.5, 0.6) is 11.5 Å². The molecular weight excluding hydrogens is 410 g/mol. The van der Waals surface area contributed by atoms with E-state index < -0.39 is 23.9 Å². The van der Waals surface area contributed by atoms with Crippen molar-refractivity contribution < 1.29 is 29.0 Å². The summed E-state index contributed by atoms with van der Waals surface area (Å²) < 4.78 is 10.7. The van der Waals surface area contributed by atoms with E-state index in [1.54, 1.807) is 30.3 Å². The first-order valence-electron chi connectivity index (χ1n) is 9.98. The van der Waals surface area contributed by atoms with Crippen LogP contribution in [0.4, 0.5) is 0 Å². The molecule has 0 aliphatic carbocycles. The molecule has 32 heavy (non-hydrogen) atoms. The van der Waals surface area contributed by atoms with E-state index in [9.17, 15) is 19.5 Å². The van der Waals surface area contributed by atoms with Crippen LogP contribution in [0.1, 0.15) is 28.4 Å². The number of carboxylic acid groups (broad SMARTS) is 1. The molecule has 7 heteroatoms. The van der Waals surface area contributed by atoms with Crippen LogP contribution >= 0.6 is 0 Å². The number of carbonyl (C=O) groups is 3. The average molecular weight is 433 g/mol. The molecule has 0 saturated heterocycles.